The molecule has 0 spiro atoms. The second-order valence-electron chi connectivity index (χ2n) is 10.5. The molecule has 0 aliphatic carbocycles. The summed E-state index contributed by atoms with van der Waals surface area (Å²) in [6.45, 7) is 13.4. The van der Waals surface area contributed by atoms with Crippen LogP contribution in [0.2, 0.25) is 0 Å². The Hall–Kier alpha value is -3.79. The fourth-order valence-corrected chi connectivity index (χ4v) is 5.79. The minimum Gasteiger partial charge on any atom is -0.338 e. The Morgan fingerprint density at radius 1 is 1.23 bits per heavy atom. The van der Waals surface area contributed by atoms with Gasteiger partial charge in [-0.05, 0) is 84.0 Å². The molecule has 1 amide bonds. The normalized spacial score (nSPS) is 20.1. The predicted molar refractivity (Wildman–Crippen MR) is 150 cm³/mol. The monoisotopic (exact) mass is 533 g/mol. The Morgan fingerprint density at radius 3 is 2.74 bits per heavy atom. The number of fused-ring (bicyclic) bond motifs is 2. The SMILES string of the molecule is C=N/C(=C(/F)C=Nc1ccc(C(=O)N2CCC3NCCC3C2)c(C)n1)c1cc(F)c2nc(C)n(C(C)C)c2c1. The van der Waals surface area contributed by atoms with Crippen LogP contribution in [0.15, 0.2) is 40.1 Å². The van der Waals surface area contributed by atoms with Crippen LogP contribution in [0, 0.1) is 25.6 Å². The van der Waals surface area contributed by atoms with Gasteiger partial charge in [-0.2, -0.15) is 0 Å². The van der Waals surface area contributed by atoms with Gasteiger partial charge in [0.1, 0.15) is 17.0 Å². The van der Waals surface area contributed by atoms with Gasteiger partial charge in [0.25, 0.3) is 5.91 Å². The van der Waals surface area contributed by atoms with Crippen LogP contribution in [0.3, 0.4) is 0 Å². The molecule has 5 rings (SSSR count). The zero-order valence-electron chi connectivity index (χ0n) is 22.7. The number of carbonyl (C=O) groups excluding carboxylic acids is 1. The number of likely N-dealkylation sites (tertiary alicyclic amines) is 1. The number of imidazole rings is 1. The number of carbonyl (C=O) groups is 1. The highest BCUT2D eigenvalue weighted by molar-refractivity contribution is 5.96. The molecule has 0 saturated carbocycles. The second kappa shape index (κ2) is 10.8. The molecule has 2 fully saturated rings. The lowest BCUT2D eigenvalue weighted by Crippen LogP contribution is -2.47. The summed E-state index contributed by atoms with van der Waals surface area (Å²) in [6.07, 6.45) is 3.02. The van der Waals surface area contributed by atoms with Crippen molar-refractivity contribution in [3.63, 3.8) is 0 Å². The molecule has 1 N–H and O–H groups in total. The van der Waals surface area contributed by atoms with E-state index in [9.17, 15) is 9.18 Å². The Bertz CT molecular complexity index is 1510. The lowest BCUT2D eigenvalue weighted by molar-refractivity contribution is 0.0661. The number of rotatable bonds is 6. The van der Waals surface area contributed by atoms with Gasteiger partial charge in [0, 0.05) is 30.7 Å². The molecule has 2 atom stereocenters. The maximum atomic E-state index is 15.3. The highest BCUT2D eigenvalue weighted by atomic mass is 19.1. The maximum Gasteiger partial charge on any atom is 0.255 e. The van der Waals surface area contributed by atoms with Crippen molar-refractivity contribution in [3.05, 3.63) is 58.6 Å². The summed E-state index contributed by atoms with van der Waals surface area (Å²) in [6, 6.07) is 6.67. The molecule has 8 nitrogen and oxygen atoms in total. The van der Waals surface area contributed by atoms with Gasteiger partial charge in [0.2, 0.25) is 0 Å². The molecule has 1 aromatic carbocycles. The van der Waals surface area contributed by atoms with E-state index in [4.69, 9.17) is 0 Å². The lowest BCUT2D eigenvalue weighted by atomic mass is 9.93. The standard InChI is InChI=1S/C29H33F2N7O/c1-16(2)38-18(4)36-28-22(30)12-20(13-25(28)38)27(32-5)23(31)14-34-26-7-6-21(17(3)35-26)29(39)37-11-9-24-19(15-37)8-10-33-24/h6-7,12-14,16,19,24,33H,5,8-11,15H2,1-4H3/b27-23+,34-14?. The molecule has 0 bridgehead atoms. The number of benzene rings is 1. The van der Waals surface area contributed by atoms with Gasteiger partial charge in [-0.3, -0.25) is 9.79 Å². The van der Waals surface area contributed by atoms with Crippen LogP contribution < -0.4 is 5.32 Å². The minimum absolute atomic E-state index is 0.0379. The summed E-state index contributed by atoms with van der Waals surface area (Å²) in [5.41, 5.74) is 1.91. The average molecular weight is 534 g/mol. The Balaban J connectivity index is 1.38. The molecule has 2 aromatic heterocycles. The molecule has 2 aliphatic rings. The molecule has 4 heterocycles. The van der Waals surface area contributed by atoms with Crippen LogP contribution in [-0.4, -0.2) is 64.0 Å². The molecule has 2 aliphatic heterocycles. The first kappa shape index (κ1) is 26.8. The maximum absolute atomic E-state index is 15.3. The topological polar surface area (TPSA) is 87.8 Å². The van der Waals surface area contributed by atoms with Crippen molar-refractivity contribution in [2.24, 2.45) is 15.9 Å². The highest BCUT2D eigenvalue weighted by Crippen LogP contribution is 2.30. The van der Waals surface area contributed by atoms with Crippen LogP contribution in [0.4, 0.5) is 14.6 Å². The summed E-state index contributed by atoms with van der Waals surface area (Å²) in [5.74, 6) is 0.00502. The molecule has 39 heavy (non-hydrogen) atoms. The summed E-state index contributed by atoms with van der Waals surface area (Å²) < 4.78 is 32.0. The van der Waals surface area contributed by atoms with Gasteiger partial charge < -0.3 is 14.8 Å². The average Bonchev–Trinajstić information content (AvgIpc) is 3.51. The number of hydrogen-bond acceptors (Lipinski definition) is 6. The number of amides is 1. The first-order valence-electron chi connectivity index (χ1n) is 13.3. The summed E-state index contributed by atoms with van der Waals surface area (Å²) in [5, 5.41) is 3.51. The number of aliphatic imine (C=N–C) groups is 2. The van der Waals surface area contributed by atoms with Crippen molar-refractivity contribution in [1.82, 2.24) is 24.8 Å². The predicted octanol–water partition coefficient (Wildman–Crippen LogP) is 5.33. The summed E-state index contributed by atoms with van der Waals surface area (Å²) >= 11 is 0. The van der Waals surface area contributed by atoms with Crippen LogP contribution in [0.5, 0.6) is 0 Å². The van der Waals surface area contributed by atoms with Gasteiger partial charge in [0.05, 0.1) is 23.0 Å². The molecule has 3 aromatic rings. The largest absolute Gasteiger partial charge is 0.338 e. The quantitative estimate of drug-likeness (QED) is 0.434. The molecule has 204 valence electrons. The molecule has 2 saturated heterocycles. The lowest BCUT2D eigenvalue weighted by Gasteiger charge is -2.35. The number of halogens is 2. The van der Waals surface area contributed by atoms with Crippen molar-refractivity contribution in [3.8, 4) is 0 Å². The van der Waals surface area contributed by atoms with Crippen molar-refractivity contribution in [1.29, 1.82) is 0 Å². The Morgan fingerprint density at radius 2 is 2.03 bits per heavy atom. The van der Waals surface area contributed by atoms with Crippen molar-refractivity contribution in [2.75, 3.05) is 19.6 Å². The van der Waals surface area contributed by atoms with Gasteiger partial charge >= 0.3 is 0 Å². The van der Waals surface area contributed by atoms with Crippen molar-refractivity contribution < 1.29 is 13.6 Å². The van der Waals surface area contributed by atoms with E-state index >= 15 is 4.39 Å². The highest BCUT2D eigenvalue weighted by Gasteiger charge is 2.35. The van der Waals surface area contributed by atoms with Gasteiger partial charge in [0.15, 0.2) is 17.5 Å². The second-order valence-corrected chi connectivity index (χ2v) is 10.5. The van der Waals surface area contributed by atoms with Gasteiger partial charge in [-0.1, -0.05) is 0 Å². The zero-order chi connectivity index (χ0) is 27.8. The number of pyridine rings is 1. The Labute approximate surface area is 226 Å². The summed E-state index contributed by atoms with van der Waals surface area (Å²) in [7, 11) is 0. The molecular formula is C29H33F2N7O. The smallest absolute Gasteiger partial charge is 0.255 e. The number of aromatic nitrogens is 3. The zero-order valence-corrected chi connectivity index (χ0v) is 22.7. The van der Waals surface area contributed by atoms with E-state index in [1.807, 2.05) is 23.3 Å². The first-order valence-corrected chi connectivity index (χ1v) is 13.3. The number of piperidine rings is 1. The van der Waals surface area contributed by atoms with Crippen molar-refractivity contribution >= 4 is 41.4 Å². The number of nitrogens with zero attached hydrogens (tertiary/aromatic N) is 6. The van der Waals surface area contributed by atoms with Gasteiger partial charge in [-0.15, -0.1) is 0 Å². The fourth-order valence-electron chi connectivity index (χ4n) is 5.79. The third kappa shape index (κ3) is 5.13. The Kier molecular flexibility index (Phi) is 7.40. The third-order valence-corrected chi connectivity index (χ3v) is 7.65. The van der Waals surface area contributed by atoms with E-state index in [0.29, 0.717) is 41.1 Å². The summed E-state index contributed by atoms with van der Waals surface area (Å²) in [4.78, 5) is 31.8. The molecule has 0 radical (unpaired) electrons. The van der Waals surface area contributed by atoms with Crippen LogP contribution in [0.25, 0.3) is 16.7 Å². The number of nitrogens with one attached hydrogen (secondary N) is 1. The minimum atomic E-state index is -0.788. The fraction of sp³-hybridized carbons (Fsp3) is 0.414. The molecular weight excluding hydrogens is 500 g/mol. The van der Waals surface area contributed by atoms with Crippen LogP contribution >= 0.6 is 0 Å². The van der Waals surface area contributed by atoms with E-state index in [1.54, 1.807) is 32.0 Å². The van der Waals surface area contributed by atoms with E-state index in [-0.39, 0.29) is 34.5 Å². The number of hydrogen-bond donors (Lipinski definition) is 1. The molecule has 10 heteroatoms. The first-order chi connectivity index (χ1) is 18.7. The van der Waals surface area contributed by atoms with Crippen LogP contribution in [-0.2, 0) is 0 Å². The number of allylic oxidation sites excluding steroid dienone is 1. The van der Waals surface area contributed by atoms with Crippen molar-refractivity contribution in [2.45, 2.75) is 52.6 Å². The van der Waals surface area contributed by atoms with Crippen LogP contribution in [0.1, 0.15) is 60.2 Å². The van der Waals surface area contributed by atoms with Gasteiger partial charge in [-0.25, -0.2) is 23.7 Å². The molecule has 2 unspecified atom stereocenters. The number of aryl methyl sites for hydroxylation is 2. The van der Waals surface area contributed by atoms with E-state index < -0.39 is 11.6 Å². The van der Waals surface area contributed by atoms with E-state index in [2.05, 4.69) is 32.0 Å². The van der Waals surface area contributed by atoms with E-state index in [1.165, 1.54) is 6.07 Å². The third-order valence-electron chi connectivity index (χ3n) is 7.65. The van der Waals surface area contributed by atoms with E-state index in [0.717, 1.165) is 32.1 Å².